The van der Waals surface area contributed by atoms with Crippen LogP contribution in [-0.2, 0) is 33.6 Å². The van der Waals surface area contributed by atoms with Crippen LogP contribution < -0.4 is 10.1 Å². The molecule has 2 fully saturated rings. The molecule has 1 N–H and O–H groups in total. The molecule has 2 aromatic heterocycles. The lowest BCUT2D eigenvalue weighted by atomic mass is 9.85. The van der Waals surface area contributed by atoms with Gasteiger partial charge in [0.15, 0.2) is 11.7 Å². The van der Waals surface area contributed by atoms with E-state index < -0.39 is 29.7 Å². The summed E-state index contributed by atoms with van der Waals surface area (Å²) < 4.78 is 18.3. The molecule has 1 saturated heterocycles. The topological polar surface area (TPSA) is 137 Å². The molecule has 2 amide bonds. The monoisotopic (exact) mass is 673 g/mol. The van der Waals surface area contributed by atoms with E-state index in [4.69, 9.17) is 23.9 Å². The largest absolute Gasteiger partial charge is 0.471 e. The van der Waals surface area contributed by atoms with Crippen molar-refractivity contribution < 1.29 is 28.3 Å². The van der Waals surface area contributed by atoms with E-state index in [1.165, 1.54) is 6.92 Å². The number of Topliss-reactive ketones (excluding diaryl/α,β-unsaturated/α-hetero) is 1. The number of nitrogens with one attached hydrogen (secondary N) is 1. The van der Waals surface area contributed by atoms with Gasteiger partial charge >= 0.3 is 6.09 Å². The van der Waals surface area contributed by atoms with Crippen LogP contribution in [0.25, 0.3) is 11.0 Å². The summed E-state index contributed by atoms with van der Waals surface area (Å²) in [7, 11) is 0. The first-order valence-corrected chi connectivity index (χ1v) is 18.0. The predicted molar refractivity (Wildman–Crippen MR) is 184 cm³/mol. The first-order chi connectivity index (χ1) is 23.4. The lowest BCUT2D eigenvalue weighted by Gasteiger charge is -2.35. The fourth-order valence-corrected chi connectivity index (χ4v) is 7.83. The molecule has 2 bridgehead atoms. The van der Waals surface area contributed by atoms with Crippen LogP contribution in [0.1, 0.15) is 102 Å². The van der Waals surface area contributed by atoms with Crippen LogP contribution in [-0.4, -0.2) is 68.5 Å². The molecule has 0 radical (unpaired) electrons. The van der Waals surface area contributed by atoms with Gasteiger partial charge in [-0.05, 0) is 87.8 Å². The number of benzene rings is 1. The van der Waals surface area contributed by atoms with E-state index in [0.29, 0.717) is 30.5 Å². The number of ether oxygens (including phenoxy) is 2. The molecule has 0 spiro atoms. The minimum atomic E-state index is -0.888. The minimum Gasteiger partial charge on any atom is -0.471 e. The Balaban J connectivity index is 1.33. The average Bonchev–Trinajstić information content (AvgIpc) is 3.76. The summed E-state index contributed by atoms with van der Waals surface area (Å²) in [5.41, 5.74) is 2.77. The van der Waals surface area contributed by atoms with Crippen LogP contribution in [0.4, 0.5) is 4.79 Å². The summed E-state index contributed by atoms with van der Waals surface area (Å²) in [6.07, 6.45) is 9.42. The summed E-state index contributed by atoms with van der Waals surface area (Å²) in [4.78, 5) is 56.7. The van der Waals surface area contributed by atoms with E-state index in [1.54, 1.807) is 11.1 Å². The number of nitrogens with zero attached hydrogens (tertiary/aromatic N) is 4. The van der Waals surface area contributed by atoms with Crippen LogP contribution >= 0.6 is 0 Å². The molecule has 3 aliphatic rings. The number of aryl methyl sites for hydroxylation is 4. The number of oxazole rings is 1. The lowest BCUT2D eigenvalue weighted by Crippen LogP contribution is -2.57. The van der Waals surface area contributed by atoms with Crippen molar-refractivity contribution in [2.45, 2.75) is 130 Å². The number of alkyl carbamates (subject to hydrolysis) is 1. The van der Waals surface area contributed by atoms with Crippen LogP contribution in [0.2, 0.25) is 0 Å². The van der Waals surface area contributed by atoms with E-state index in [9.17, 15) is 14.4 Å². The zero-order valence-corrected chi connectivity index (χ0v) is 29.8. The van der Waals surface area contributed by atoms with Crippen LogP contribution in [0.3, 0.4) is 0 Å². The number of hydrogen-bond donors (Lipinski definition) is 1. The molecular formula is C38H51N5O6. The second-order valence-corrected chi connectivity index (χ2v) is 15.4. The number of hydrogen-bond acceptors (Lipinski definition) is 9. The summed E-state index contributed by atoms with van der Waals surface area (Å²) in [5.74, 6) is 1.49. The summed E-state index contributed by atoms with van der Waals surface area (Å²) >= 11 is 0. The van der Waals surface area contributed by atoms with Crippen molar-refractivity contribution >= 4 is 28.8 Å². The fraction of sp³-hybridized carbons (Fsp3) is 0.632. The Labute approximate surface area is 288 Å². The third-order valence-corrected chi connectivity index (χ3v) is 10.5. The van der Waals surface area contributed by atoms with Gasteiger partial charge in [0, 0.05) is 12.3 Å². The Morgan fingerprint density at radius 1 is 0.980 bits per heavy atom. The SMILES string of the molecule is CC(=O)[C@@H]1[C@H](C)[C@@H]2CN1C(=O)[C@H](C(C)(C)C)NC(=O)O[C@@H]1CCC[C@H]1CCCCCc1nc3ccc(CCc4ncc(C)o4)cc3nc1O2. The van der Waals surface area contributed by atoms with E-state index in [-0.39, 0.29) is 30.3 Å². The Morgan fingerprint density at radius 3 is 2.51 bits per heavy atom. The van der Waals surface area contributed by atoms with Crippen molar-refractivity contribution in [2.24, 2.45) is 17.3 Å². The van der Waals surface area contributed by atoms with Gasteiger partial charge in [-0.25, -0.2) is 19.7 Å². The second-order valence-electron chi connectivity index (χ2n) is 15.4. The van der Waals surface area contributed by atoms with Crippen molar-refractivity contribution in [2.75, 3.05) is 6.54 Å². The van der Waals surface area contributed by atoms with E-state index in [1.807, 2.05) is 46.8 Å². The second kappa shape index (κ2) is 14.5. The standard InChI is InChI=1S/C38H51N5O6/c1-22-20-39-32(47-22)18-16-25-15-17-27-29(19-25)41-35-28(40-27)13-9-7-8-11-26-12-10-14-30(26)49-37(46)42-34(38(4,5)6)36(45)43-21-31(48-35)23(2)33(43)24(3)44/h15,17,19-20,23,26,30-31,33-34H,7-14,16,18,21H2,1-6H3,(H,42,46)/t23-,26-,30-,31+,33+,34-/m1/s1. The normalized spacial score (nSPS) is 27.0. The molecule has 1 aliphatic carbocycles. The molecular weight excluding hydrogens is 622 g/mol. The molecule has 1 aromatic carbocycles. The summed E-state index contributed by atoms with van der Waals surface area (Å²) in [5, 5.41) is 2.91. The Kier molecular flexibility index (Phi) is 10.3. The van der Waals surface area contributed by atoms with Crippen molar-refractivity contribution in [3.05, 3.63) is 47.3 Å². The number of carbonyl (C=O) groups excluding carboxylic acids is 3. The van der Waals surface area contributed by atoms with Gasteiger partial charge in [-0.2, -0.15) is 0 Å². The molecule has 0 unspecified atom stereocenters. The van der Waals surface area contributed by atoms with Gasteiger partial charge in [0.05, 0.1) is 29.8 Å². The highest BCUT2D eigenvalue weighted by Gasteiger charge is 2.49. The molecule has 264 valence electrons. The van der Waals surface area contributed by atoms with E-state index in [0.717, 1.165) is 79.4 Å². The molecule has 3 aromatic rings. The number of amides is 2. The van der Waals surface area contributed by atoms with E-state index in [2.05, 4.69) is 16.4 Å². The number of fused-ring (bicyclic) bond motifs is 5. The predicted octanol–water partition coefficient (Wildman–Crippen LogP) is 6.32. The Bertz CT molecular complexity index is 1680. The molecule has 49 heavy (non-hydrogen) atoms. The highest BCUT2D eigenvalue weighted by atomic mass is 16.6. The number of carbonyl (C=O) groups is 3. The minimum absolute atomic E-state index is 0.127. The first-order valence-electron chi connectivity index (χ1n) is 18.0. The van der Waals surface area contributed by atoms with Gasteiger partial charge < -0.3 is 24.1 Å². The maximum atomic E-state index is 14.3. The van der Waals surface area contributed by atoms with Crippen molar-refractivity contribution in [1.29, 1.82) is 0 Å². The maximum absolute atomic E-state index is 14.3. The molecule has 11 heteroatoms. The molecule has 11 nitrogen and oxygen atoms in total. The number of rotatable bonds is 4. The van der Waals surface area contributed by atoms with Gasteiger partial charge in [-0.15, -0.1) is 0 Å². The third kappa shape index (κ3) is 7.91. The summed E-state index contributed by atoms with van der Waals surface area (Å²) in [6, 6.07) is 4.53. The van der Waals surface area contributed by atoms with Gasteiger partial charge in [0.25, 0.3) is 0 Å². The molecule has 6 atom stereocenters. The van der Waals surface area contributed by atoms with E-state index >= 15 is 0 Å². The maximum Gasteiger partial charge on any atom is 0.408 e. The summed E-state index contributed by atoms with van der Waals surface area (Å²) in [6.45, 7) is 11.3. The first kappa shape index (κ1) is 34.8. The van der Waals surface area contributed by atoms with Crippen molar-refractivity contribution in [3.8, 4) is 5.88 Å². The van der Waals surface area contributed by atoms with Gasteiger partial charge in [-0.1, -0.05) is 46.6 Å². The molecule has 6 rings (SSSR count). The third-order valence-electron chi connectivity index (χ3n) is 10.5. The molecule has 4 heterocycles. The average molecular weight is 674 g/mol. The molecule has 1 saturated carbocycles. The van der Waals surface area contributed by atoms with Gasteiger partial charge in [0.2, 0.25) is 11.8 Å². The number of ketones is 1. The highest BCUT2D eigenvalue weighted by Crippen LogP contribution is 2.35. The van der Waals surface area contributed by atoms with Crippen LogP contribution in [0, 0.1) is 24.2 Å². The van der Waals surface area contributed by atoms with Gasteiger partial charge in [0.1, 0.15) is 29.7 Å². The molecule has 2 aliphatic heterocycles. The van der Waals surface area contributed by atoms with Crippen LogP contribution in [0.15, 0.2) is 28.8 Å². The smallest absolute Gasteiger partial charge is 0.408 e. The van der Waals surface area contributed by atoms with Crippen LogP contribution in [0.5, 0.6) is 5.88 Å². The van der Waals surface area contributed by atoms with Gasteiger partial charge in [-0.3, -0.25) is 9.59 Å². The fourth-order valence-electron chi connectivity index (χ4n) is 7.83. The zero-order valence-electron chi connectivity index (χ0n) is 29.8. The Hall–Kier alpha value is -4.02. The zero-order chi connectivity index (χ0) is 34.9. The highest BCUT2D eigenvalue weighted by molar-refractivity contribution is 5.92. The van der Waals surface area contributed by atoms with Crippen molar-refractivity contribution in [1.82, 2.24) is 25.2 Å². The Morgan fingerprint density at radius 2 is 1.78 bits per heavy atom. The van der Waals surface area contributed by atoms with Crippen molar-refractivity contribution in [3.63, 3.8) is 0 Å². The quantitative estimate of drug-likeness (QED) is 0.337. The lowest BCUT2D eigenvalue weighted by molar-refractivity contribution is -0.141. The number of aromatic nitrogens is 3.